The van der Waals surface area contributed by atoms with Crippen molar-refractivity contribution in [3.05, 3.63) is 42.0 Å². The molecule has 1 unspecified atom stereocenters. The van der Waals surface area contributed by atoms with Gasteiger partial charge < -0.3 is 19.4 Å². The molecule has 6 nitrogen and oxygen atoms in total. The first-order chi connectivity index (χ1) is 11.8. The Bertz CT molecular complexity index is 741. The molecule has 2 aliphatic rings. The molecule has 2 aromatic rings. The van der Waals surface area contributed by atoms with Gasteiger partial charge in [-0.15, -0.1) is 0 Å². The predicted molar refractivity (Wildman–Crippen MR) is 88.2 cm³/mol. The molecule has 1 amide bonds. The Labute approximate surface area is 140 Å². The van der Waals surface area contributed by atoms with E-state index in [9.17, 15) is 4.79 Å². The molecule has 0 aliphatic carbocycles. The molecule has 0 spiro atoms. The van der Waals surface area contributed by atoms with Crippen LogP contribution in [0.3, 0.4) is 0 Å². The second-order valence-electron chi connectivity index (χ2n) is 6.25. The smallest absolute Gasteiger partial charge is 0.224 e. The zero-order chi connectivity index (χ0) is 16.4. The minimum absolute atomic E-state index is 0.0342. The van der Waals surface area contributed by atoms with Gasteiger partial charge in [0.2, 0.25) is 5.91 Å². The number of aryl methyl sites for hydroxylation is 1. The van der Waals surface area contributed by atoms with Gasteiger partial charge in [0.1, 0.15) is 19.0 Å². The summed E-state index contributed by atoms with van der Waals surface area (Å²) in [5, 5.41) is 3.06. The second kappa shape index (κ2) is 6.55. The zero-order valence-electron chi connectivity index (χ0n) is 13.5. The van der Waals surface area contributed by atoms with E-state index in [-0.39, 0.29) is 11.8 Å². The number of aromatic nitrogens is 2. The molecule has 0 saturated carbocycles. The SMILES string of the molecule is O=C(NCCc1ccc2c(c1)OCCO2)C1CCc2nccn2C1. The van der Waals surface area contributed by atoms with Crippen molar-refractivity contribution in [3.8, 4) is 11.5 Å². The van der Waals surface area contributed by atoms with E-state index >= 15 is 0 Å². The van der Waals surface area contributed by atoms with E-state index in [1.54, 1.807) is 6.20 Å². The summed E-state index contributed by atoms with van der Waals surface area (Å²) in [4.78, 5) is 16.7. The normalized spacial score (nSPS) is 18.8. The van der Waals surface area contributed by atoms with Gasteiger partial charge in [-0.1, -0.05) is 6.07 Å². The number of hydrogen-bond acceptors (Lipinski definition) is 4. The molecule has 4 rings (SSSR count). The maximum absolute atomic E-state index is 12.4. The van der Waals surface area contributed by atoms with E-state index in [0.29, 0.717) is 19.8 Å². The summed E-state index contributed by atoms with van der Waals surface area (Å²) in [6.45, 7) is 2.55. The highest BCUT2D eigenvalue weighted by Crippen LogP contribution is 2.30. The molecule has 0 saturated heterocycles. The quantitative estimate of drug-likeness (QED) is 0.926. The Morgan fingerprint density at radius 1 is 1.29 bits per heavy atom. The van der Waals surface area contributed by atoms with Crippen LogP contribution in [-0.4, -0.2) is 35.2 Å². The van der Waals surface area contributed by atoms with E-state index in [1.807, 2.05) is 24.4 Å². The van der Waals surface area contributed by atoms with Gasteiger partial charge in [-0.05, 0) is 30.5 Å². The Kier molecular flexibility index (Phi) is 4.11. The molecular formula is C18H21N3O3. The van der Waals surface area contributed by atoms with Crippen molar-refractivity contribution in [1.82, 2.24) is 14.9 Å². The average molecular weight is 327 g/mol. The van der Waals surface area contributed by atoms with Crippen LogP contribution in [0.4, 0.5) is 0 Å². The predicted octanol–water partition coefficient (Wildman–Crippen LogP) is 1.58. The number of benzene rings is 1. The molecule has 0 bridgehead atoms. The molecule has 1 N–H and O–H groups in total. The van der Waals surface area contributed by atoms with Crippen molar-refractivity contribution < 1.29 is 14.3 Å². The Morgan fingerprint density at radius 2 is 2.17 bits per heavy atom. The van der Waals surface area contributed by atoms with Gasteiger partial charge in [0.05, 0.1) is 5.92 Å². The van der Waals surface area contributed by atoms with Crippen LogP contribution in [-0.2, 0) is 24.2 Å². The van der Waals surface area contributed by atoms with Crippen molar-refractivity contribution in [2.75, 3.05) is 19.8 Å². The number of carbonyl (C=O) groups is 1. The third-order valence-electron chi connectivity index (χ3n) is 4.63. The number of rotatable bonds is 4. The standard InChI is InChI=1S/C18H21N3O3/c22-18(14-2-4-17-19-7-8-21(17)12-14)20-6-5-13-1-3-15-16(11-13)24-10-9-23-15/h1,3,7-8,11,14H,2,4-6,9-10,12H2,(H,20,22). The van der Waals surface area contributed by atoms with E-state index in [4.69, 9.17) is 9.47 Å². The average Bonchev–Trinajstić information content (AvgIpc) is 3.09. The zero-order valence-corrected chi connectivity index (χ0v) is 13.5. The first kappa shape index (κ1) is 15.1. The lowest BCUT2D eigenvalue weighted by atomic mass is 9.98. The van der Waals surface area contributed by atoms with Crippen LogP contribution in [0.2, 0.25) is 0 Å². The van der Waals surface area contributed by atoms with Crippen molar-refractivity contribution >= 4 is 5.91 Å². The van der Waals surface area contributed by atoms with Crippen LogP contribution in [0, 0.1) is 5.92 Å². The molecule has 1 aromatic carbocycles. The van der Waals surface area contributed by atoms with Crippen LogP contribution in [0.5, 0.6) is 11.5 Å². The molecule has 1 aromatic heterocycles. The molecule has 0 fully saturated rings. The van der Waals surface area contributed by atoms with E-state index in [2.05, 4.69) is 14.9 Å². The number of ether oxygens (including phenoxy) is 2. The van der Waals surface area contributed by atoms with Crippen LogP contribution < -0.4 is 14.8 Å². The molecule has 6 heteroatoms. The number of hydrogen-bond donors (Lipinski definition) is 1. The fourth-order valence-corrected chi connectivity index (χ4v) is 3.30. The highest BCUT2D eigenvalue weighted by molar-refractivity contribution is 5.78. The Hall–Kier alpha value is -2.50. The number of carbonyl (C=O) groups excluding carboxylic acids is 1. The van der Waals surface area contributed by atoms with Crippen LogP contribution >= 0.6 is 0 Å². The largest absolute Gasteiger partial charge is 0.486 e. The summed E-state index contributed by atoms with van der Waals surface area (Å²) in [6.07, 6.45) is 6.27. The maximum Gasteiger partial charge on any atom is 0.224 e. The van der Waals surface area contributed by atoms with Gasteiger partial charge in [0, 0.05) is 31.9 Å². The van der Waals surface area contributed by atoms with Crippen molar-refractivity contribution in [1.29, 1.82) is 0 Å². The number of nitrogens with zero attached hydrogens (tertiary/aromatic N) is 2. The van der Waals surface area contributed by atoms with Gasteiger partial charge in [0.25, 0.3) is 0 Å². The molecule has 126 valence electrons. The van der Waals surface area contributed by atoms with Crippen LogP contribution in [0.25, 0.3) is 0 Å². The van der Waals surface area contributed by atoms with E-state index < -0.39 is 0 Å². The monoisotopic (exact) mass is 327 g/mol. The maximum atomic E-state index is 12.4. The van der Waals surface area contributed by atoms with Crippen LogP contribution in [0.15, 0.2) is 30.6 Å². The third-order valence-corrected chi connectivity index (χ3v) is 4.63. The van der Waals surface area contributed by atoms with Gasteiger partial charge in [-0.25, -0.2) is 4.98 Å². The van der Waals surface area contributed by atoms with Gasteiger partial charge in [-0.2, -0.15) is 0 Å². The number of imidazole rings is 1. The first-order valence-electron chi connectivity index (χ1n) is 8.46. The highest BCUT2D eigenvalue weighted by Gasteiger charge is 2.24. The summed E-state index contributed by atoms with van der Waals surface area (Å²) < 4.78 is 13.2. The van der Waals surface area contributed by atoms with Gasteiger partial charge in [-0.3, -0.25) is 4.79 Å². The number of fused-ring (bicyclic) bond motifs is 2. The summed E-state index contributed by atoms with van der Waals surface area (Å²) in [5.41, 5.74) is 1.14. The topological polar surface area (TPSA) is 65.4 Å². The minimum atomic E-state index is 0.0342. The summed E-state index contributed by atoms with van der Waals surface area (Å²) >= 11 is 0. The van der Waals surface area contributed by atoms with Gasteiger partial charge >= 0.3 is 0 Å². The summed E-state index contributed by atoms with van der Waals surface area (Å²) in [5.74, 6) is 2.84. The fraction of sp³-hybridized carbons (Fsp3) is 0.444. The molecular weight excluding hydrogens is 306 g/mol. The van der Waals surface area contributed by atoms with Gasteiger partial charge in [0.15, 0.2) is 11.5 Å². The number of amides is 1. The second-order valence-corrected chi connectivity index (χ2v) is 6.25. The highest BCUT2D eigenvalue weighted by atomic mass is 16.6. The first-order valence-corrected chi connectivity index (χ1v) is 8.46. The molecule has 0 radical (unpaired) electrons. The molecule has 3 heterocycles. The Morgan fingerprint density at radius 3 is 3.08 bits per heavy atom. The lowest BCUT2D eigenvalue weighted by molar-refractivity contribution is -0.125. The lowest BCUT2D eigenvalue weighted by Crippen LogP contribution is -2.36. The molecule has 1 atom stereocenters. The Balaban J connectivity index is 1.29. The van der Waals surface area contributed by atoms with Crippen LogP contribution in [0.1, 0.15) is 17.8 Å². The third kappa shape index (κ3) is 3.09. The van der Waals surface area contributed by atoms with Crippen molar-refractivity contribution in [2.24, 2.45) is 5.92 Å². The molecule has 2 aliphatic heterocycles. The fourth-order valence-electron chi connectivity index (χ4n) is 3.30. The molecule has 24 heavy (non-hydrogen) atoms. The summed E-state index contributed by atoms with van der Waals surface area (Å²) in [7, 11) is 0. The minimum Gasteiger partial charge on any atom is -0.486 e. The van der Waals surface area contributed by atoms with E-state index in [0.717, 1.165) is 48.7 Å². The summed E-state index contributed by atoms with van der Waals surface area (Å²) in [6, 6.07) is 5.96. The van der Waals surface area contributed by atoms with Crippen molar-refractivity contribution in [3.63, 3.8) is 0 Å². The number of nitrogens with one attached hydrogen (secondary N) is 1. The lowest BCUT2D eigenvalue weighted by Gasteiger charge is -2.23. The van der Waals surface area contributed by atoms with E-state index in [1.165, 1.54) is 0 Å². The van der Waals surface area contributed by atoms with Crippen molar-refractivity contribution in [2.45, 2.75) is 25.8 Å².